The lowest BCUT2D eigenvalue weighted by Gasteiger charge is -2.34. The molecule has 2 heterocycles. The van der Waals surface area contributed by atoms with Crippen LogP contribution in [0.3, 0.4) is 0 Å². The van der Waals surface area contributed by atoms with E-state index in [1.807, 2.05) is 19.1 Å². The quantitative estimate of drug-likeness (QED) is 0.300. The van der Waals surface area contributed by atoms with Gasteiger partial charge in [-0.3, -0.25) is 10.1 Å². The molecule has 3 N–H and O–H groups in total. The van der Waals surface area contributed by atoms with Gasteiger partial charge in [-0.2, -0.15) is 0 Å². The summed E-state index contributed by atoms with van der Waals surface area (Å²) in [5.41, 5.74) is 9.30. The summed E-state index contributed by atoms with van der Waals surface area (Å²) in [5, 5.41) is 3.60. The van der Waals surface area contributed by atoms with E-state index in [-0.39, 0.29) is 12.1 Å². The van der Waals surface area contributed by atoms with Gasteiger partial charge in [0.15, 0.2) is 5.96 Å². The fourth-order valence-corrected chi connectivity index (χ4v) is 4.70. The number of hydrogen-bond acceptors (Lipinski definition) is 8. The Balaban J connectivity index is 1.43. The van der Waals surface area contributed by atoms with Crippen LogP contribution in [0, 0.1) is 5.92 Å². The summed E-state index contributed by atoms with van der Waals surface area (Å²) in [4.78, 5) is 21.4. The van der Waals surface area contributed by atoms with E-state index >= 15 is 0 Å². The zero-order valence-corrected chi connectivity index (χ0v) is 22.4. The van der Waals surface area contributed by atoms with E-state index < -0.39 is 0 Å². The van der Waals surface area contributed by atoms with Crippen LogP contribution < -0.4 is 11.1 Å². The maximum absolute atomic E-state index is 12.4. The third-order valence-electron chi connectivity index (χ3n) is 6.98. The molecule has 3 rings (SSSR count). The van der Waals surface area contributed by atoms with Crippen LogP contribution in [0.25, 0.3) is 0 Å². The number of aliphatic imine (C=N–C) groups is 1. The number of unbranched alkanes of at least 4 members (excludes halogenated alkanes) is 2. The van der Waals surface area contributed by atoms with Crippen molar-refractivity contribution < 1.29 is 14.3 Å². The minimum absolute atomic E-state index is 0.0286. The van der Waals surface area contributed by atoms with Crippen molar-refractivity contribution in [2.45, 2.75) is 65.1 Å². The molecule has 1 aromatic rings. The van der Waals surface area contributed by atoms with Gasteiger partial charge in [0, 0.05) is 25.9 Å². The molecule has 0 saturated carbocycles. The molecule has 1 atom stereocenters. The molecule has 0 radical (unpaired) electrons. The Kier molecular flexibility index (Phi) is 11.7. The number of hydrogen-bond donors (Lipinski definition) is 2. The number of allylic oxidation sites excluding steroid dienone is 1. The fourth-order valence-electron chi connectivity index (χ4n) is 4.70. The highest BCUT2D eigenvalue weighted by atomic mass is 16.5. The van der Waals surface area contributed by atoms with Gasteiger partial charge in [-0.05, 0) is 68.9 Å². The molecule has 1 saturated heterocycles. The predicted molar refractivity (Wildman–Crippen MR) is 144 cm³/mol. The first-order valence-electron chi connectivity index (χ1n) is 13.5. The molecule has 1 aromatic carbocycles. The number of methoxy groups -OCH3 is 1. The Morgan fingerprint density at radius 2 is 1.89 bits per heavy atom. The van der Waals surface area contributed by atoms with E-state index in [0.717, 1.165) is 68.9 Å². The van der Waals surface area contributed by atoms with Gasteiger partial charge in [-0.15, -0.1) is 0 Å². The van der Waals surface area contributed by atoms with E-state index in [1.165, 1.54) is 12.8 Å². The summed E-state index contributed by atoms with van der Waals surface area (Å²) in [7, 11) is 1.74. The van der Waals surface area contributed by atoms with Crippen LogP contribution in [-0.4, -0.2) is 74.4 Å². The number of likely N-dealkylation sites (tertiary alicyclic amines) is 1. The van der Waals surface area contributed by atoms with Gasteiger partial charge in [0.05, 0.1) is 19.6 Å². The monoisotopic (exact) mass is 499 g/mol. The van der Waals surface area contributed by atoms with Crippen molar-refractivity contribution in [1.82, 2.24) is 15.1 Å². The average Bonchev–Trinajstić information content (AvgIpc) is 2.87. The Labute approximate surface area is 216 Å². The van der Waals surface area contributed by atoms with Crippen molar-refractivity contribution in [2.24, 2.45) is 16.6 Å². The van der Waals surface area contributed by atoms with E-state index in [4.69, 9.17) is 15.2 Å². The molecule has 0 aromatic heterocycles. The Bertz CT molecular complexity index is 862. The number of esters is 1. The van der Waals surface area contributed by atoms with E-state index in [1.54, 1.807) is 7.11 Å². The maximum atomic E-state index is 12.4. The van der Waals surface area contributed by atoms with Crippen LogP contribution in [0.5, 0.6) is 0 Å². The molecule has 8 nitrogen and oxygen atoms in total. The predicted octanol–water partition coefficient (Wildman–Crippen LogP) is 3.27. The molecule has 200 valence electrons. The maximum Gasteiger partial charge on any atom is 0.310 e. The van der Waals surface area contributed by atoms with Crippen LogP contribution in [0.2, 0.25) is 0 Å². The summed E-state index contributed by atoms with van der Waals surface area (Å²) in [6.07, 6.45) is 8.13. The Hall–Kier alpha value is -2.42. The topological polar surface area (TPSA) is 92.4 Å². The number of carbonyl (C=O) groups is 1. The molecular weight excluding hydrogens is 454 g/mol. The van der Waals surface area contributed by atoms with Crippen molar-refractivity contribution in [3.8, 4) is 0 Å². The highest BCUT2D eigenvalue weighted by Crippen LogP contribution is 2.18. The second-order valence-corrected chi connectivity index (χ2v) is 9.97. The molecule has 1 unspecified atom stereocenters. The number of nitrogens with zero attached hydrogens (tertiary/aromatic N) is 3. The van der Waals surface area contributed by atoms with Crippen LogP contribution in [0.4, 0.5) is 0 Å². The third-order valence-corrected chi connectivity index (χ3v) is 6.98. The highest BCUT2D eigenvalue weighted by molar-refractivity contribution is 5.80. The first-order chi connectivity index (χ1) is 17.5. The first-order valence-corrected chi connectivity index (χ1v) is 13.5. The molecule has 0 spiro atoms. The van der Waals surface area contributed by atoms with Gasteiger partial charge in [0.25, 0.3) is 0 Å². The van der Waals surface area contributed by atoms with Crippen molar-refractivity contribution in [2.75, 3.05) is 46.5 Å². The van der Waals surface area contributed by atoms with E-state index in [2.05, 4.69) is 45.2 Å². The first kappa shape index (κ1) is 28.2. The molecule has 0 amide bonds. The normalized spacial score (nSPS) is 19.2. The molecular formula is C28H45N5O3. The van der Waals surface area contributed by atoms with Crippen molar-refractivity contribution in [3.05, 3.63) is 47.2 Å². The average molecular weight is 500 g/mol. The van der Waals surface area contributed by atoms with Crippen LogP contribution in [0.15, 0.2) is 41.0 Å². The third kappa shape index (κ3) is 9.22. The molecule has 8 heteroatoms. The second-order valence-electron chi connectivity index (χ2n) is 9.97. The largest absolute Gasteiger partial charge is 0.465 e. The lowest BCUT2D eigenvalue weighted by Crippen LogP contribution is -2.52. The zero-order chi connectivity index (χ0) is 25.8. The van der Waals surface area contributed by atoms with Gasteiger partial charge in [0.2, 0.25) is 0 Å². The van der Waals surface area contributed by atoms with E-state index in [0.29, 0.717) is 31.4 Å². The Morgan fingerprint density at radius 3 is 2.58 bits per heavy atom. The van der Waals surface area contributed by atoms with Crippen LogP contribution in [-0.2, 0) is 27.2 Å². The lowest BCUT2D eigenvalue weighted by molar-refractivity contribution is -0.144. The number of rotatable bonds is 14. The Morgan fingerprint density at radius 1 is 1.17 bits per heavy atom. The summed E-state index contributed by atoms with van der Waals surface area (Å²) in [5.74, 6) is 0.821. The smallest absolute Gasteiger partial charge is 0.310 e. The van der Waals surface area contributed by atoms with Gasteiger partial charge >= 0.3 is 5.97 Å². The molecule has 0 bridgehead atoms. The number of benzene rings is 1. The summed E-state index contributed by atoms with van der Waals surface area (Å²) in [6, 6.07) is 8.13. The summed E-state index contributed by atoms with van der Waals surface area (Å²) in [6.45, 7) is 10.1. The number of ether oxygens (including phenoxy) is 2. The second kappa shape index (κ2) is 15.0. The molecule has 1 fully saturated rings. The van der Waals surface area contributed by atoms with Gasteiger partial charge in [-0.1, -0.05) is 44.0 Å². The van der Waals surface area contributed by atoms with Gasteiger partial charge in [0.1, 0.15) is 6.17 Å². The van der Waals surface area contributed by atoms with Crippen molar-refractivity contribution in [3.63, 3.8) is 0 Å². The molecule has 36 heavy (non-hydrogen) atoms. The standard InChI is InChI=1S/C28H45N5O3/c1-4-5-6-13-30-26-18-22(2)31-28(29)33(26)20-24-9-7-23(8-10-24)19-27(34)36-21-25-11-14-32(15-12-25)16-17-35-3/h7-10,18,25-26,30H,4-6,11-17,19-21H2,1-3H3,(H2,29,31). The van der Waals surface area contributed by atoms with Crippen LogP contribution >= 0.6 is 0 Å². The van der Waals surface area contributed by atoms with Gasteiger partial charge in [-0.25, -0.2) is 4.99 Å². The highest BCUT2D eigenvalue weighted by Gasteiger charge is 2.23. The number of piperidine rings is 1. The van der Waals surface area contributed by atoms with E-state index in [9.17, 15) is 4.79 Å². The molecule has 0 aliphatic carbocycles. The number of nitrogens with one attached hydrogen (secondary N) is 1. The van der Waals surface area contributed by atoms with Crippen molar-refractivity contribution in [1.29, 1.82) is 0 Å². The molecule has 2 aliphatic rings. The lowest BCUT2D eigenvalue weighted by atomic mass is 9.98. The van der Waals surface area contributed by atoms with Crippen molar-refractivity contribution >= 4 is 11.9 Å². The van der Waals surface area contributed by atoms with Crippen LogP contribution in [0.1, 0.15) is 57.1 Å². The summed E-state index contributed by atoms with van der Waals surface area (Å²) < 4.78 is 10.8. The molecule has 2 aliphatic heterocycles. The zero-order valence-electron chi connectivity index (χ0n) is 22.4. The summed E-state index contributed by atoms with van der Waals surface area (Å²) >= 11 is 0. The number of guanidine groups is 1. The SMILES string of the molecule is CCCCCNC1C=C(C)N=C(N)N1Cc1ccc(CC(=O)OCC2CCN(CCOC)CC2)cc1. The fraction of sp³-hybridized carbons (Fsp3) is 0.643. The van der Waals surface area contributed by atoms with Gasteiger partial charge < -0.3 is 25.0 Å². The number of nitrogens with two attached hydrogens (primary N) is 1. The number of carbonyl (C=O) groups excluding carboxylic acids is 1. The minimum atomic E-state index is -0.158. The minimum Gasteiger partial charge on any atom is -0.465 e.